The van der Waals surface area contributed by atoms with Gasteiger partial charge in [0.2, 0.25) is 11.8 Å². The summed E-state index contributed by atoms with van der Waals surface area (Å²) < 4.78 is 5.12. The van der Waals surface area contributed by atoms with E-state index in [0.29, 0.717) is 30.1 Å². The fourth-order valence-corrected chi connectivity index (χ4v) is 4.69. The highest BCUT2D eigenvalue weighted by atomic mass is 32.1. The third-order valence-electron chi connectivity index (χ3n) is 5.45. The summed E-state index contributed by atoms with van der Waals surface area (Å²) in [5.74, 6) is 0.264. The van der Waals surface area contributed by atoms with Crippen LogP contribution in [0.5, 0.6) is 0 Å². The van der Waals surface area contributed by atoms with Crippen molar-refractivity contribution in [3.63, 3.8) is 0 Å². The molecule has 3 heterocycles. The molecule has 33 heavy (non-hydrogen) atoms. The summed E-state index contributed by atoms with van der Waals surface area (Å²) in [5.41, 5.74) is 1.15. The summed E-state index contributed by atoms with van der Waals surface area (Å²) in [6.07, 6.45) is 5.89. The van der Waals surface area contributed by atoms with E-state index in [-0.39, 0.29) is 30.0 Å². The molecule has 0 saturated carbocycles. The number of nitro groups is 1. The zero-order chi connectivity index (χ0) is 23.2. The first-order valence-corrected chi connectivity index (χ1v) is 11.4. The first kappa shape index (κ1) is 22.4. The Hall–Kier alpha value is -3.79. The van der Waals surface area contributed by atoms with Crippen LogP contribution in [0.3, 0.4) is 0 Å². The molecule has 2 amide bonds. The van der Waals surface area contributed by atoms with Gasteiger partial charge in [0, 0.05) is 36.5 Å². The molecule has 0 bridgehead atoms. The first-order chi connectivity index (χ1) is 16.0. The van der Waals surface area contributed by atoms with E-state index in [4.69, 9.17) is 4.42 Å². The second-order valence-electron chi connectivity index (χ2n) is 7.57. The van der Waals surface area contributed by atoms with Crippen LogP contribution in [0.4, 0.5) is 5.69 Å². The Morgan fingerprint density at radius 2 is 2.03 bits per heavy atom. The van der Waals surface area contributed by atoms with Crippen molar-refractivity contribution in [2.75, 3.05) is 19.6 Å². The number of nitrogens with zero attached hydrogens (tertiary/aromatic N) is 3. The minimum absolute atomic E-state index is 0.0378. The molecule has 3 aromatic rings. The van der Waals surface area contributed by atoms with E-state index in [2.05, 4.69) is 10.3 Å². The minimum atomic E-state index is -0.399. The third-order valence-corrected chi connectivity index (χ3v) is 6.46. The molecule has 1 aliphatic rings. The highest BCUT2D eigenvalue weighted by Crippen LogP contribution is 2.35. The number of carbonyl (C=O) groups excluding carboxylic acids is 2. The zero-order valence-corrected chi connectivity index (χ0v) is 18.5. The van der Waals surface area contributed by atoms with Crippen LogP contribution in [-0.4, -0.2) is 46.3 Å². The van der Waals surface area contributed by atoms with Crippen molar-refractivity contribution in [1.29, 1.82) is 0 Å². The third kappa shape index (κ3) is 5.53. The molecule has 9 nitrogen and oxygen atoms in total. The molecule has 2 aromatic heterocycles. The Morgan fingerprint density at radius 1 is 1.24 bits per heavy atom. The Kier molecular flexibility index (Phi) is 6.94. The number of nitrogens with one attached hydrogen (secondary N) is 1. The van der Waals surface area contributed by atoms with E-state index in [0.717, 1.165) is 17.8 Å². The lowest BCUT2D eigenvalue weighted by molar-refractivity contribution is -0.384. The van der Waals surface area contributed by atoms with Crippen molar-refractivity contribution in [3.05, 3.63) is 75.0 Å². The first-order valence-electron chi connectivity index (χ1n) is 10.5. The van der Waals surface area contributed by atoms with Crippen LogP contribution >= 0.6 is 11.3 Å². The highest BCUT2D eigenvalue weighted by molar-refractivity contribution is 7.10. The standard InChI is InChI=1S/C23H22N4O5S/c28-21(8-7-17-4-3-13-32-17)24-14-22(29)26-11-9-16(10-12-26)23-25-19(15-33-23)18-5-1-2-6-20(18)27(30)31/h1-8,13,15-16H,9-12,14H2,(H,24,28)/b8-7-. The molecule has 0 unspecified atom stereocenters. The van der Waals surface area contributed by atoms with Gasteiger partial charge in [0.05, 0.1) is 34.0 Å². The van der Waals surface area contributed by atoms with Gasteiger partial charge in [0.25, 0.3) is 5.69 Å². The van der Waals surface area contributed by atoms with Crippen LogP contribution in [0.1, 0.15) is 29.5 Å². The number of likely N-dealkylation sites (tertiary alicyclic amines) is 1. The van der Waals surface area contributed by atoms with Crippen LogP contribution < -0.4 is 5.32 Å². The van der Waals surface area contributed by atoms with Gasteiger partial charge in [-0.25, -0.2) is 4.98 Å². The molecule has 0 atom stereocenters. The van der Waals surface area contributed by atoms with Gasteiger partial charge in [-0.2, -0.15) is 0 Å². The summed E-state index contributed by atoms with van der Waals surface area (Å²) in [6.45, 7) is 1.08. The molecule has 1 saturated heterocycles. The summed E-state index contributed by atoms with van der Waals surface area (Å²) in [4.78, 5) is 41.6. The van der Waals surface area contributed by atoms with Crippen molar-refractivity contribution in [1.82, 2.24) is 15.2 Å². The monoisotopic (exact) mass is 466 g/mol. The summed E-state index contributed by atoms with van der Waals surface area (Å²) in [5, 5.41) is 16.7. The number of furan rings is 1. The number of benzene rings is 1. The number of nitro benzene ring substituents is 1. The largest absolute Gasteiger partial charge is 0.465 e. The van der Waals surface area contributed by atoms with Crippen molar-refractivity contribution >= 4 is 34.9 Å². The number of thiazole rings is 1. The predicted octanol–water partition coefficient (Wildman–Crippen LogP) is 3.85. The predicted molar refractivity (Wildman–Crippen MR) is 124 cm³/mol. The second-order valence-corrected chi connectivity index (χ2v) is 8.46. The van der Waals surface area contributed by atoms with Gasteiger partial charge in [-0.3, -0.25) is 19.7 Å². The summed E-state index contributed by atoms with van der Waals surface area (Å²) in [7, 11) is 0. The van der Waals surface area contributed by atoms with E-state index in [1.165, 1.54) is 35.8 Å². The van der Waals surface area contributed by atoms with E-state index in [1.54, 1.807) is 35.2 Å². The number of carbonyl (C=O) groups is 2. The number of hydrogen-bond acceptors (Lipinski definition) is 7. The maximum atomic E-state index is 12.5. The molecule has 10 heteroatoms. The van der Waals surface area contributed by atoms with Gasteiger partial charge in [0.1, 0.15) is 5.76 Å². The molecule has 0 radical (unpaired) electrons. The average molecular weight is 467 g/mol. The van der Waals surface area contributed by atoms with Gasteiger partial charge in [-0.1, -0.05) is 12.1 Å². The molecule has 170 valence electrons. The summed E-state index contributed by atoms with van der Waals surface area (Å²) in [6, 6.07) is 10.0. The van der Waals surface area contributed by atoms with E-state index in [9.17, 15) is 19.7 Å². The molecule has 4 rings (SSSR count). The maximum absolute atomic E-state index is 12.5. The van der Waals surface area contributed by atoms with Crippen LogP contribution in [0.25, 0.3) is 17.3 Å². The van der Waals surface area contributed by atoms with Crippen molar-refractivity contribution < 1.29 is 18.9 Å². The Morgan fingerprint density at radius 3 is 2.76 bits per heavy atom. The van der Waals surface area contributed by atoms with Crippen LogP contribution in [0.2, 0.25) is 0 Å². The number of piperidine rings is 1. The van der Waals surface area contributed by atoms with Crippen LogP contribution in [0.15, 0.2) is 58.5 Å². The zero-order valence-electron chi connectivity index (χ0n) is 17.7. The molecule has 0 aliphatic carbocycles. The number of rotatable bonds is 7. The van der Waals surface area contributed by atoms with Gasteiger partial charge < -0.3 is 14.6 Å². The molecular formula is C23H22N4O5S. The van der Waals surface area contributed by atoms with Gasteiger partial charge >= 0.3 is 0 Å². The topological polar surface area (TPSA) is 119 Å². The fourth-order valence-electron chi connectivity index (χ4n) is 3.70. The Balaban J connectivity index is 1.28. The minimum Gasteiger partial charge on any atom is -0.465 e. The molecule has 1 aromatic carbocycles. The van der Waals surface area contributed by atoms with E-state index >= 15 is 0 Å². The van der Waals surface area contributed by atoms with Gasteiger partial charge in [0.15, 0.2) is 0 Å². The Labute approximate surface area is 193 Å². The normalized spacial score (nSPS) is 14.5. The molecule has 1 aliphatic heterocycles. The summed E-state index contributed by atoms with van der Waals surface area (Å²) >= 11 is 1.49. The lowest BCUT2D eigenvalue weighted by Crippen LogP contribution is -2.43. The van der Waals surface area contributed by atoms with Crippen molar-refractivity contribution in [2.24, 2.45) is 0 Å². The Bertz CT molecular complexity index is 1160. The fraction of sp³-hybridized carbons (Fsp3) is 0.261. The quantitative estimate of drug-likeness (QED) is 0.321. The molecule has 1 N–H and O–H groups in total. The van der Waals surface area contributed by atoms with Crippen molar-refractivity contribution in [2.45, 2.75) is 18.8 Å². The smallest absolute Gasteiger partial charge is 0.278 e. The SMILES string of the molecule is O=C(/C=C\c1ccco1)NCC(=O)N1CCC(c2nc(-c3ccccc3[N+](=O)[O-])cs2)CC1. The number of para-hydroxylation sites is 1. The maximum Gasteiger partial charge on any atom is 0.278 e. The van der Waals surface area contributed by atoms with Gasteiger partial charge in [-0.05, 0) is 37.1 Å². The lowest BCUT2D eigenvalue weighted by Gasteiger charge is -2.31. The highest BCUT2D eigenvalue weighted by Gasteiger charge is 2.26. The molecule has 0 spiro atoms. The molecule has 1 fully saturated rings. The lowest BCUT2D eigenvalue weighted by atomic mass is 9.97. The number of aromatic nitrogens is 1. The van der Waals surface area contributed by atoms with Crippen molar-refractivity contribution in [3.8, 4) is 11.3 Å². The number of amides is 2. The van der Waals surface area contributed by atoms with E-state index < -0.39 is 4.92 Å². The second kappa shape index (κ2) is 10.2. The van der Waals surface area contributed by atoms with E-state index in [1.807, 2.05) is 5.38 Å². The van der Waals surface area contributed by atoms with Crippen LogP contribution in [0, 0.1) is 10.1 Å². The average Bonchev–Trinajstić information content (AvgIpc) is 3.54. The van der Waals surface area contributed by atoms with Crippen LogP contribution in [-0.2, 0) is 9.59 Å². The van der Waals surface area contributed by atoms with Gasteiger partial charge in [-0.15, -0.1) is 11.3 Å². The number of hydrogen-bond donors (Lipinski definition) is 1. The molecular weight excluding hydrogens is 444 g/mol.